The SMILES string of the molecule is NC1(C2C=CC(c3nc4c(cc3-c3ccccc3)-n3c(nnc3-c3ccncc3)CO4)=CC2)CCC1. The summed E-state index contributed by atoms with van der Waals surface area (Å²) in [5.74, 6) is 2.46. The van der Waals surface area contributed by atoms with Gasteiger partial charge in [-0.15, -0.1) is 10.2 Å². The van der Waals surface area contributed by atoms with Gasteiger partial charge >= 0.3 is 0 Å². The van der Waals surface area contributed by atoms with Crippen molar-refractivity contribution in [3.63, 3.8) is 0 Å². The third kappa shape index (κ3) is 3.38. The molecule has 2 aliphatic carbocycles. The number of nitrogens with zero attached hydrogens (tertiary/aromatic N) is 5. The lowest BCUT2D eigenvalue weighted by Gasteiger charge is -2.44. The molecule has 0 radical (unpaired) electrons. The van der Waals surface area contributed by atoms with E-state index >= 15 is 0 Å². The van der Waals surface area contributed by atoms with Gasteiger partial charge < -0.3 is 10.5 Å². The average Bonchev–Trinajstić information content (AvgIpc) is 3.37. The molecule has 3 aromatic heterocycles. The van der Waals surface area contributed by atoms with E-state index in [0.717, 1.165) is 64.6 Å². The molecule has 0 spiro atoms. The van der Waals surface area contributed by atoms with Crippen LogP contribution in [0.5, 0.6) is 5.88 Å². The molecule has 1 aromatic carbocycles. The van der Waals surface area contributed by atoms with Crippen molar-refractivity contribution in [3.05, 3.63) is 90.7 Å². The molecule has 178 valence electrons. The molecule has 1 aliphatic heterocycles. The summed E-state index contributed by atoms with van der Waals surface area (Å²) in [5, 5.41) is 8.87. The van der Waals surface area contributed by atoms with E-state index < -0.39 is 0 Å². The van der Waals surface area contributed by atoms with Crippen LogP contribution in [0.4, 0.5) is 0 Å². The minimum absolute atomic E-state index is 0.0542. The zero-order valence-corrected chi connectivity index (χ0v) is 19.8. The minimum atomic E-state index is -0.0542. The van der Waals surface area contributed by atoms with E-state index in [0.29, 0.717) is 18.4 Å². The summed E-state index contributed by atoms with van der Waals surface area (Å²) in [5.41, 5.74) is 12.5. The zero-order valence-electron chi connectivity index (χ0n) is 19.8. The molecule has 7 nitrogen and oxygen atoms in total. The standard InChI is InChI=1S/C29H26N6O/c30-29(13-4-14-29)22-9-7-20(8-10-22)26-23(19-5-2-1-3-6-19)17-24-28(32-26)36-18-25-33-34-27(35(24)25)21-11-15-31-16-12-21/h1-3,5-9,11-12,15-17,22H,4,10,13-14,18,30H2. The Morgan fingerprint density at radius 3 is 2.56 bits per heavy atom. The smallest absolute Gasteiger partial charge is 0.239 e. The van der Waals surface area contributed by atoms with Crippen LogP contribution in [0.15, 0.2) is 79.2 Å². The van der Waals surface area contributed by atoms with E-state index in [1.54, 1.807) is 12.4 Å². The number of fused-ring (bicyclic) bond motifs is 3. The second kappa shape index (κ2) is 8.24. The maximum atomic E-state index is 6.64. The van der Waals surface area contributed by atoms with E-state index in [2.05, 4.69) is 63.7 Å². The fourth-order valence-corrected chi connectivity index (χ4v) is 5.47. The van der Waals surface area contributed by atoms with Gasteiger partial charge in [0.2, 0.25) is 5.88 Å². The molecular formula is C29H26N6O. The number of hydrogen-bond donors (Lipinski definition) is 1. The Hall–Kier alpha value is -4.10. The van der Waals surface area contributed by atoms with Crippen molar-refractivity contribution < 1.29 is 4.74 Å². The summed E-state index contributed by atoms with van der Waals surface area (Å²) in [6, 6.07) is 16.4. The second-order valence-corrected chi connectivity index (χ2v) is 9.82. The van der Waals surface area contributed by atoms with Crippen LogP contribution in [0.3, 0.4) is 0 Å². The zero-order chi connectivity index (χ0) is 24.1. The molecule has 3 aliphatic rings. The topological polar surface area (TPSA) is 91.7 Å². The van der Waals surface area contributed by atoms with Gasteiger partial charge in [0.1, 0.15) is 5.69 Å². The molecule has 1 atom stereocenters. The van der Waals surface area contributed by atoms with E-state index in [4.69, 9.17) is 15.5 Å². The predicted octanol–water partition coefficient (Wildman–Crippen LogP) is 5.12. The number of aromatic nitrogens is 5. The highest BCUT2D eigenvalue weighted by Crippen LogP contribution is 2.43. The van der Waals surface area contributed by atoms with Gasteiger partial charge in [0.25, 0.3) is 0 Å². The largest absolute Gasteiger partial charge is 0.468 e. The van der Waals surface area contributed by atoms with Crippen molar-refractivity contribution in [2.45, 2.75) is 37.8 Å². The molecule has 4 aromatic rings. The molecule has 7 rings (SSSR count). The predicted molar refractivity (Wildman–Crippen MR) is 138 cm³/mol. The number of pyridine rings is 2. The van der Waals surface area contributed by atoms with Gasteiger partial charge in [0.05, 0.1) is 5.69 Å². The summed E-state index contributed by atoms with van der Waals surface area (Å²) >= 11 is 0. The quantitative estimate of drug-likeness (QED) is 0.441. The third-order valence-electron chi connectivity index (χ3n) is 7.70. The molecule has 0 saturated heterocycles. The van der Waals surface area contributed by atoms with Crippen molar-refractivity contribution in [3.8, 4) is 34.1 Å². The minimum Gasteiger partial charge on any atom is -0.468 e. The van der Waals surface area contributed by atoms with Gasteiger partial charge in [-0.2, -0.15) is 0 Å². The fourth-order valence-electron chi connectivity index (χ4n) is 5.47. The number of benzene rings is 1. The van der Waals surface area contributed by atoms with Crippen molar-refractivity contribution in [1.82, 2.24) is 24.7 Å². The number of hydrogen-bond acceptors (Lipinski definition) is 6. The van der Waals surface area contributed by atoms with Gasteiger partial charge in [-0.05, 0) is 60.9 Å². The van der Waals surface area contributed by atoms with Crippen LogP contribution in [0.2, 0.25) is 0 Å². The molecule has 7 heteroatoms. The maximum Gasteiger partial charge on any atom is 0.239 e. The van der Waals surface area contributed by atoms with Crippen LogP contribution >= 0.6 is 0 Å². The van der Waals surface area contributed by atoms with E-state index in [1.807, 2.05) is 22.8 Å². The first-order valence-electron chi connectivity index (χ1n) is 12.5. The van der Waals surface area contributed by atoms with Crippen LogP contribution in [-0.2, 0) is 6.61 Å². The molecule has 4 heterocycles. The number of nitrogens with two attached hydrogens (primary N) is 1. The monoisotopic (exact) mass is 474 g/mol. The highest BCUT2D eigenvalue weighted by atomic mass is 16.5. The summed E-state index contributed by atoms with van der Waals surface area (Å²) < 4.78 is 8.15. The van der Waals surface area contributed by atoms with Gasteiger partial charge in [-0.25, -0.2) is 4.98 Å². The van der Waals surface area contributed by atoms with E-state index in [9.17, 15) is 0 Å². The number of rotatable bonds is 4. The maximum absolute atomic E-state index is 6.64. The number of ether oxygens (including phenoxy) is 1. The van der Waals surface area contributed by atoms with Crippen LogP contribution in [0.25, 0.3) is 33.8 Å². The lowest BCUT2D eigenvalue weighted by molar-refractivity contribution is 0.183. The van der Waals surface area contributed by atoms with Gasteiger partial charge in [0.15, 0.2) is 18.3 Å². The Bertz CT molecular complexity index is 1500. The van der Waals surface area contributed by atoms with Crippen LogP contribution in [0.1, 0.15) is 37.2 Å². The van der Waals surface area contributed by atoms with Crippen molar-refractivity contribution >= 4 is 5.57 Å². The van der Waals surface area contributed by atoms with Gasteiger partial charge in [0, 0.05) is 29.1 Å². The Labute approximate surface area is 209 Å². The molecule has 36 heavy (non-hydrogen) atoms. The summed E-state index contributed by atoms with van der Waals surface area (Å²) in [4.78, 5) is 9.23. The Morgan fingerprint density at radius 1 is 1.00 bits per heavy atom. The van der Waals surface area contributed by atoms with Crippen LogP contribution in [0, 0.1) is 5.92 Å². The summed E-state index contributed by atoms with van der Waals surface area (Å²) in [6.07, 6.45) is 14.6. The normalized spacial score (nSPS) is 19.5. The summed E-state index contributed by atoms with van der Waals surface area (Å²) in [7, 11) is 0. The molecule has 0 amide bonds. The highest BCUT2D eigenvalue weighted by Gasteiger charge is 2.39. The molecule has 1 fully saturated rings. The number of allylic oxidation sites excluding steroid dienone is 3. The Kier molecular flexibility index (Phi) is 4.85. The lowest BCUT2D eigenvalue weighted by atomic mass is 9.66. The summed E-state index contributed by atoms with van der Waals surface area (Å²) in [6.45, 7) is 0.314. The van der Waals surface area contributed by atoms with E-state index in [1.165, 1.54) is 6.42 Å². The fraction of sp³-hybridized carbons (Fsp3) is 0.241. The first-order chi connectivity index (χ1) is 17.7. The van der Waals surface area contributed by atoms with Gasteiger partial charge in [-0.3, -0.25) is 9.55 Å². The molecule has 2 N–H and O–H groups in total. The Morgan fingerprint density at radius 2 is 1.83 bits per heavy atom. The first-order valence-corrected chi connectivity index (χ1v) is 12.5. The highest BCUT2D eigenvalue weighted by molar-refractivity contribution is 5.86. The second-order valence-electron chi connectivity index (χ2n) is 9.82. The van der Waals surface area contributed by atoms with E-state index in [-0.39, 0.29) is 5.54 Å². The van der Waals surface area contributed by atoms with Crippen molar-refractivity contribution in [2.75, 3.05) is 0 Å². The van der Waals surface area contributed by atoms with Crippen LogP contribution < -0.4 is 10.5 Å². The third-order valence-corrected chi connectivity index (χ3v) is 7.70. The van der Waals surface area contributed by atoms with Crippen molar-refractivity contribution in [1.29, 1.82) is 0 Å². The molecular weight excluding hydrogens is 448 g/mol. The molecule has 0 bridgehead atoms. The van der Waals surface area contributed by atoms with Crippen molar-refractivity contribution in [2.24, 2.45) is 11.7 Å². The Balaban J connectivity index is 1.36. The van der Waals surface area contributed by atoms with Crippen LogP contribution in [-0.4, -0.2) is 30.3 Å². The molecule has 1 unspecified atom stereocenters. The average molecular weight is 475 g/mol. The van der Waals surface area contributed by atoms with Gasteiger partial charge in [-0.1, -0.05) is 48.6 Å². The first kappa shape index (κ1) is 21.2. The molecule has 1 saturated carbocycles. The lowest BCUT2D eigenvalue weighted by Crippen LogP contribution is -2.52.